The van der Waals surface area contributed by atoms with Gasteiger partial charge in [0.25, 0.3) is 5.91 Å². The molecule has 0 aliphatic heterocycles. The quantitative estimate of drug-likeness (QED) is 0.751. The van der Waals surface area contributed by atoms with Crippen molar-refractivity contribution in [3.8, 4) is 0 Å². The van der Waals surface area contributed by atoms with Gasteiger partial charge in [-0.05, 0) is 18.2 Å². The lowest BCUT2D eigenvalue weighted by molar-refractivity contribution is -0.137. The molecule has 0 saturated carbocycles. The van der Waals surface area contributed by atoms with Crippen molar-refractivity contribution in [1.29, 1.82) is 0 Å². The molecule has 0 bridgehead atoms. The molecule has 1 amide bonds. The summed E-state index contributed by atoms with van der Waals surface area (Å²) in [7, 11) is 1.80. The molecule has 0 radical (unpaired) electrons. The van der Waals surface area contributed by atoms with Gasteiger partial charge < -0.3 is 9.67 Å². The summed E-state index contributed by atoms with van der Waals surface area (Å²) >= 11 is 0. The fourth-order valence-corrected chi connectivity index (χ4v) is 2.13. The van der Waals surface area contributed by atoms with Crippen LogP contribution in [0.2, 0.25) is 0 Å². The number of imidazole rings is 1. The average molecular weight is 299 g/mol. The van der Waals surface area contributed by atoms with E-state index >= 15 is 0 Å². The van der Waals surface area contributed by atoms with E-state index < -0.39 is 11.9 Å². The minimum absolute atomic E-state index is 0.133. The zero-order valence-corrected chi connectivity index (χ0v) is 11.7. The number of carbonyl (C=O) groups excluding carboxylic acids is 1. The Bertz CT molecular complexity index is 864. The van der Waals surface area contributed by atoms with Gasteiger partial charge in [-0.1, -0.05) is 12.1 Å². The number of amides is 1. The molecule has 3 aromatic rings. The molecule has 0 fully saturated rings. The normalized spacial score (nSPS) is 10.8. The SMILES string of the molecule is Cn1c(NC(=O)c2ccn(CC(=O)O)n2)nc2ccccc21. The molecule has 0 spiro atoms. The zero-order valence-electron chi connectivity index (χ0n) is 11.7. The van der Waals surface area contributed by atoms with Crippen molar-refractivity contribution in [2.75, 3.05) is 5.32 Å². The molecule has 0 saturated heterocycles. The smallest absolute Gasteiger partial charge is 0.325 e. The molecule has 0 aliphatic rings. The second-order valence-corrected chi connectivity index (χ2v) is 4.73. The number of aryl methyl sites for hydroxylation is 1. The summed E-state index contributed by atoms with van der Waals surface area (Å²) in [5.41, 5.74) is 1.80. The highest BCUT2D eigenvalue weighted by Gasteiger charge is 2.14. The zero-order chi connectivity index (χ0) is 15.7. The number of rotatable bonds is 4. The maximum atomic E-state index is 12.2. The minimum Gasteiger partial charge on any atom is -0.480 e. The predicted molar refractivity (Wildman–Crippen MR) is 78.5 cm³/mol. The van der Waals surface area contributed by atoms with Crippen LogP contribution in [-0.4, -0.2) is 36.3 Å². The molecule has 1 aromatic carbocycles. The number of carboxylic acid groups (broad SMARTS) is 1. The van der Waals surface area contributed by atoms with Crippen LogP contribution < -0.4 is 5.32 Å². The first-order valence-electron chi connectivity index (χ1n) is 6.52. The second-order valence-electron chi connectivity index (χ2n) is 4.73. The number of aromatic nitrogens is 4. The molecule has 2 heterocycles. The third kappa shape index (κ3) is 2.53. The first-order chi connectivity index (χ1) is 10.5. The molecule has 3 rings (SSSR count). The Morgan fingerprint density at radius 2 is 2.05 bits per heavy atom. The summed E-state index contributed by atoms with van der Waals surface area (Å²) in [6.45, 7) is -0.292. The van der Waals surface area contributed by atoms with Crippen LogP contribution in [0.25, 0.3) is 11.0 Å². The van der Waals surface area contributed by atoms with Gasteiger partial charge in [-0.15, -0.1) is 0 Å². The third-order valence-electron chi connectivity index (χ3n) is 3.18. The van der Waals surface area contributed by atoms with E-state index in [9.17, 15) is 9.59 Å². The molecule has 8 heteroatoms. The van der Waals surface area contributed by atoms with Crippen molar-refractivity contribution < 1.29 is 14.7 Å². The van der Waals surface area contributed by atoms with Gasteiger partial charge in [0.2, 0.25) is 5.95 Å². The van der Waals surface area contributed by atoms with Gasteiger partial charge in [-0.2, -0.15) is 5.10 Å². The van der Waals surface area contributed by atoms with Crippen molar-refractivity contribution in [1.82, 2.24) is 19.3 Å². The Morgan fingerprint density at radius 1 is 1.27 bits per heavy atom. The number of nitrogens with zero attached hydrogens (tertiary/aromatic N) is 4. The van der Waals surface area contributed by atoms with Crippen LogP contribution >= 0.6 is 0 Å². The van der Waals surface area contributed by atoms with E-state index in [0.29, 0.717) is 5.95 Å². The maximum absolute atomic E-state index is 12.2. The number of hydrogen-bond donors (Lipinski definition) is 2. The molecule has 0 unspecified atom stereocenters. The lowest BCUT2D eigenvalue weighted by Crippen LogP contribution is -2.17. The van der Waals surface area contributed by atoms with Gasteiger partial charge in [0, 0.05) is 13.2 Å². The van der Waals surface area contributed by atoms with Crippen LogP contribution in [0, 0.1) is 0 Å². The number of benzene rings is 1. The highest BCUT2D eigenvalue weighted by atomic mass is 16.4. The van der Waals surface area contributed by atoms with Crippen LogP contribution in [-0.2, 0) is 18.4 Å². The highest BCUT2D eigenvalue weighted by Crippen LogP contribution is 2.17. The molecular formula is C14H13N5O3. The van der Waals surface area contributed by atoms with Crippen molar-refractivity contribution in [3.63, 3.8) is 0 Å². The number of hydrogen-bond acceptors (Lipinski definition) is 4. The lowest BCUT2D eigenvalue weighted by atomic mass is 10.3. The van der Waals surface area contributed by atoms with Crippen molar-refractivity contribution in [2.24, 2.45) is 7.05 Å². The number of carboxylic acids is 1. The van der Waals surface area contributed by atoms with Gasteiger partial charge in [0.05, 0.1) is 11.0 Å². The minimum atomic E-state index is -1.02. The van der Waals surface area contributed by atoms with E-state index in [-0.39, 0.29) is 12.2 Å². The molecule has 0 aliphatic carbocycles. The van der Waals surface area contributed by atoms with Gasteiger partial charge in [0.15, 0.2) is 5.69 Å². The molecule has 2 aromatic heterocycles. The summed E-state index contributed by atoms with van der Waals surface area (Å²) in [6, 6.07) is 8.98. The van der Waals surface area contributed by atoms with Gasteiger partial charge in [-0.25, -0.2) is 4.98 Å². The maximum Gasteiger partial charge on any atom is 0.325 e. The molecular weight excluding hydrogens is 286 g/mol. The van der Waals surface area contributed by atoms with E-state index in [0.717, 1.165) is 11.0 Å². The summed E-state index contributed by atoms with van der Waals surface area (Å²) in [6.07, 6.45) is 1.44. The number of fused-ring (bicyclic) bond motifs is 1. The van der Waals surface area contributed by atoms with Gasteiger partial charge >= 0.3 is 5.97 Å². The fraction of sp³-hybridized carbons (Fsp3) is 0.143. The van der Waals surface area contributed by atoms with E-state index in [1.54, 1.807) is 11.6 Å². The number of para-hydroxylation sites is 2. The second kappa shape index (κ2) is 5.32. The van der Waals surface area contributed by atoms with Crippen molar-refractivity contribution >= 4 is 28.9 Å². The van der Waals surface area contributed by atoms with Crippen LogP contribution in [0.1, 0.15) is 10.5 Å². The average Bonchev–Trinajstić information content (AvgIpc) is 3.05. The Labute approximate surface area is 125 Å². The predicted octanol–water partition coefficient (Wildman–Crippen LogP) is 1.11. The molecule has 0 atom stereocenters. The van der Waals surface area contributed by atoms with Crippen LogP contribution in [0.5, 0.6) is 0 Å². The summed E-state index contributed by atoms with van der Waals surface area (Å²) < 4.78 is 2.95. The topological polar surface area (TPSA) is 102 Å². The summed E-state index contributed by atoms with van der Waals surface area (Å²) in [4.78, 5) is 27.1. The Balaban J connectivity index is 1.82. The molecule has 2 N–H and O–H groups in total. The Morgan fingerprint density at radius 3 is 2.77 bits per heavy atom. The number of carbonyl (C=O) groups is 2. The van der Waals surface area contributed by atoms with E-state index in [4.69, 9.17) is 5.11 Å². The fourth-order valence-electron chi connectivity index (χ4n) is 2.13. The Hall–Kier alpha value is -3.16. The highest BCUT2D eigenvalue weighted by molar-refractivity contribution is 6.02. The number of anilines is 1. The number of aliphatic carboxylic acids is 1. The third-order valence-corrected chi connectivity index (χ3v) is 3.18. The number of nitrogens with one attached hydrogen (secondary N) is 1. The molecule has 22 heavy (non-hydrogen) atoms. The van der Waals surface area contributed by atoms with Crippen LogP contribution in [0.4, 0.5) is 5.95 Å². The van der Waals surface area contributed by atoms with Crippen LogP contribution in [0.3, 0.4) is 0 Å². The standard InChI is InChI=1S/C14H13N5O3/c1-18-11-5-3-2-4-9(11)15-14(18)16-13(22)10-6-7-19(17-10)8-12(20)21/h2-7H,8H2,1H3,(H,20,21)(H,15,16,22). The largest absolute Gasteiger partial charge is 0.480 e. The van der Waals surface area contributed by atoms with Crippen LogP contribution in [0.15, 0.2) is 36.5 Å². The molecule has 112 valence electrons. The first-order valence-corrected chi connectivity index (χ1v) is 6.52. The molecule has 8 nitrogen and oxygen atoms in total. The van der Waals surface area contributed by atoms with E-state index in [2.05, 4.69) is 15.4 Å². The van der Waals surface area contributed by atoms with Crippen molar-refractivity contribution in [2.45, 2.75) is 6.54 Å². The van der Waals surface area contributed by atoms with Crippen molar-refractivity contribution in [3.05, 3.63) is 42.2 Å². The summed E-state index contributed by atoms with van der Waals surface area (Å²) in [5, 5.41) is 15.3. The lowest BCUT2D eigenvalue weighted by Gasteiger charge is -2.03. The van der Waals surface area contributed by atoms with Gasteiger partial charge in [-0.3, -0.25) is 19.6 Å². The first kappa shape index (κ1) is 13.8. The monoisotopic (exact) mass is 299 g/mol. The summed E-state index contributed by atoms with van der Waals surface area (Å²) in [5.74, 6) is -1.06. The Kier molecular flexibility index (Phi) is 3.34. The van der Waals surface area contributed by atoms with E-state index in [1.165, 1.54) is 16.9 Å². The van der Waals surface area contributed by atoms with Gasteiger partial charge in [0.1, 0.15) is 6.54 Å². The van der Waals surface area contributed by atoms with E-state index in [1.807, 2.05) is 24.3 Å².